The average molecular weight is 200 g/mol. The maximum absolute atomic E-state index is 11.2. The van der Waals surface area contributed by atoms with Gasteiger partial charge in [0.25, 0.3) is 0 Å². The highest BCUT2D eigenvalue weighted by atomic mass is 16.5. The number of unbranched alkanes of at least 4 members (excludes halogenated alkanes) is 1. The first-order chi connectivity index (χ1) is 6.63. The van der Waals surface area contributed by atoms with Crippen LogP contribution in [0.15, 0.2) is 12.2 Å². The van der Waals surface area contributed by atoms with Crippen molar-refractivity contribution in [3.05, 3.63) is 12.2 Å². The Morgan fingerprint density at radius 1 is 1.43 bits per heavy atom. The lowest BCUT2D eigenvalue weighted by Crippen LogP contribution is -2.42. The zero-order chi connectivity index (χ0) is 11.0. The maximum Gasteiger partial charge on any atom is 0.431 e. The predicted molar refractivity (Wildman–Crippen MR) is 52.1 cm³/mol. The van der Waals surface area contributed by atoms with Gasteiger partial charge in [-0.3, -0.25) is 4.79 Å². The molecular weight excluding hydrogens is 184 g/mol. The monoisotopic (exact) mass is 200 g/mol. The Labute approximate surface area is 83.5 Å². The number of carbonyl (C=O) groups is 2. The van der Waals surface area contributed by atoms with Gasteiger partial charge in [-0.25, -0.2) is 10.6 Å². The second kappa shape index (κ2) is 7.08. The summed E-state index contributed by atoms with van der Waals surface area (Å²) < 4.78 is 4.28. The third-order valence-electron chi connectivity index (χ3n) is 1.55. The number of amides is 2. The summed E-state index contributed by atoms with van der Waals surface area (Å²) in [4.78, 5) is 21.9. The van der Waals surface area contributed by atoms with Gasteiger partial charge in [0.1, 0.15) is 0 Å². The fourth-order valence-corrected chi connectivity index (χ4v) is 0.767. The zero-order valence-electron chi connectivity index (χ0n) is 8.53. The van der Waals surface area contributed by atoms with Crippen molar-refractivity contribution in [1.29, 1.82) is 0 Å². The molecule has 5 heteroatoms. The standard InChI is InChI=1S/C9H16N2O3/c1-3-4-5-6-7-8(12)11(10)9(13)14-2/h5-6H,3-4,7,10H2,1-2H3. The predicted octanol–water partition coefficient (Wildman–Crippen LogP) is 1.20. The van der Waals surface area contributed by atoms with E-state index in [0.29, 0.717) is 5.01 Å². The SMILES string of the molecule is CCCC=CCC(=O)N(N)C(=O)OC. The lowest BCUT2D eigenvalue weighted by atomic mass is 10.3. The molecule has 0 aliphatic heterocycles. The third kappa shape index (κ3) is 4.61. The number of nitrogens with zero attached hydrogens (tertiary/aromatic N) is 1. The number of carbonyl (C=O) groups excluding carboxylic acids is 2. The molecule has 0 bridgehead atoms. The lowest BCUT2D eigenvalue weighted by Gasteiger charge is -2.11. The Balaban J connectivity index is 3.90. The van der Waals surface area contributed by atoms with E-state index in [9.17, 15) is 9.59 Å². The molecule has 0 unspecified atom stereocenters. The minimum absolute atomic E-state index is 0.117. The van der Waals surface area contributed by atoms with Crippen molar-refractivity contribution in [1.82, 2.24) is 5.01 Å². The molecule has 2 amide bonds. The molecule has 0 aromatic carbocycles. The van der Waals surface area contributed by atoms with Crippen LogP contribution in [0.25, 0.3) is 0 Å². The highest BCUT2D eigenvalue weighted by Crippen LogP contribution is 1.95. The minimum Gasteiger partial charge on any atom is -0.451 e. The number of ether oxygens (including phenoxy) is 1. The van der Waals surface area contributed by atoms with Gasteiger partial charge in [-0.2, -0.15) is 5.01 Å². The zero-order valence-corrected chi connectivity index (χ0v) is 8.53. The van der Waals surface area contributed by atoms with E-state index in [1.54, 1.807) is 6.08 Å². The van der Waals surface area contributed by atoms with Crippen molar-refractivity contribution >= 4 is 12.0 Å². The van der Waals surface area contributed by atoms with Gasteiger partial charge < -0.3 is 4.74 Å². The Morgan fingerprint density at radius 3 is 2.57 bits per heavy atom. The smallest absolute Gasteiger partial charge is 0.431 e. The van der Waals surface area contributed by atoms with Crippen LogP contribution in [0.5, 0.6) is 0 Å². The summed E-state index contributed by atoms with van der Waals surface area (Å²) >= 11 is 0. The number of methoxy groups -OCH3 is 1. The summed E-state index contributed by atoms with van der Waals surface area (Å²) in [5, 5.41) is 0.469. The largest absolute Gasteiger partial charge is 0.451 e. The van der Waals surface area contributed by atoms with Crippen LogP contribution in [0.1, 0.15) is 26.2 Å². The van der Waals surface area contributed by atoms with Crippen LogP contribution in [-0.2, 0) is 9.53 Å². The van der Waals surface area contributed by atoms with Crippen LogP contribution in [-0.4, -0.2) is 24.1 Å². The van der Waals surface area contributed by atoms with E-state index in [1.165, 1.54) is 7.11 Å². The molecule has 14 heavy (non-hydrogen) atoms. The molecule has 5 nitrogen and oxygen atoms in total. The number of hydrogen-bond acceptors (Lipinski definition) is 4. The van der Waals surface area contributed by atoms with Crippen LogP contribution >= 0.6 is 0 Å². The van der Waals surface area contributed by atoms with Gasteiger partial charge in [-0.1, -0.05) is 25.5 Å². The van der Waals surface area contributed by atoms with Crippen molar-refractivity contribution in [2.45, 2.75) is 26.2 Å². The van der Waals surface area contributed by atoms with Gasteiger partial charge >= 0.3 is 6.09 Å². The highest BCUT2D eigenvalue weighted by Gasteiger charge is 2.15. The molecule has 0 rings (SSSR count). The molecule has 0 heterocycles. The molecule has 0 fully saturated rings. The van der Waals surface area contributed by atoms with Crippen molar-refractivity contribution < 1.29 is 14.3 Å². The van der Waals surface area contributed by atoms with Crippen molar-refractivity contribution in [2.24, 2.45) is 5.84 Å². The topological polar surface area (TPSA) is 72.6 Å². The molecule has 0 aliphatic rings. The summed E-state index contributed by atoms with van der Waals surface area (Å²) in [7, 11) is 1.17. The second-order valence-corrected chi connectivity index (χ2v) is 2.70. The molecule has 0 saturated heterocycles. The van der Waals surface area contributed by atoms with Gasteiger partial charge in [0.05, 0.1) is 7.11 Å². The molecule has 0 spiro atoms. The van der Waals surface area contributed by atoms with Gasteiger partial charge in [0.2, 0.25) is 5.91 Å². The Hall–Kier alpha value is -1.36. The van der Waals surface area contributed by atoms with E-state index in [-0.39, 0.29) is 6.42 Å². The summed E-state index contributed by atoms with van der Waals surface area (Å²) in [5.41, 5.74) is 0. The number of nitrogens with two attached hydrogens (primary N) is 1. The fourth-order valence-electron chi connectivity index (χ4n) is 0.767. The maximum atomic E-state index is 11.2. The summed E-state index contributed by atoms with van der Waals surface area (Å²) in [6.45, 7) is 2.04. The first kappa shape index (κ1) is 12.6. The van der Waals surface area contributed by atoms with Gasteiger partial charge in [0.15, 0.2) is 0 Å². The Kier molecular flexibility index (Phi) is 6.39. The van der Waals surface area contributed by atoms with Crippen molar-refractivity contribution in [2.75, 3.05) is 7.11 Å². The van der Waals surface area contributed by atoms with Crippen LogP contribution in [0.2, 0.25) is 0 Å². The van der Waals surface area contributed by atoms with Gasteiger partial charge in [-0.05, 0) is 6.42 Å². The Bertz CT molecular complexity index is 226. The normalized spacial score (nSPS) is 10.2. The van der Waals surface area contributed by atoms with Gasteiger partial charge in [0, 0.05) is 6.42 Å². The van der Waals surface area contributed by atoms with E-state index in [1.807, 2.05) is 13.0 Å². The first-order valence-corrected chi connectivity index (χ1v) is 4.44. The van der Waals surface area contributed by atoms with Crippen molar-refractivity contribution in [3.8, 4) is 0 Å². The molecule has 0 aromatic rings. The number of hydrazine groups is 1. The van der Waals surface area contributed by atoms with E-state index >= 15 is 0 Å². The van der Waals surface area contributed by atoms with Crippen LogP contribution in [0.3, 0.4) is 0 Å². The summed E-state index contributed by atoms with van der Waals surface area (Å²) in [6.07, 6.45) is 4.77. The molecule has 0 aromatic heterocycles. The second-order valence-electron chi connectivity index (χ2n) is 2.70. The molecule has 0 radical (unpaired) electrons. The van der Waals surface area contributed by atoms with E-state index in [0.717, 1.165) is 12.8 Å². The van der Waals surface area contributed by atoms with Crippen LogP contribution in [0.4, 0.5) is 4.79 Å². The first-order valence-electron chi connectivity index (χ1n) is 4.44. The number of rotatable bonds is 4. The summed E-state index contributed by atoms with van der Waals surface area (Å²) in [5.74, 6) is 4.68. The number of hydrogen-bond donors (Lipinski definition) is 1. The minimum atomic E-state index is -0.848. The average Bonchev–Trinajstić information content (AvgIpc) is 2.21. The summed E-state index contributed by atoms with van der Waals surface area (Å²) in [6, 6.07) is 0. The van der Waals surface area contributed by atoms with Crippen LogP contribution < -0.4 is 5.84 Å². The van der Waals surface area contributed by atoms with E-state index < -0.39 is 12.0 Å². The molecule has 0 atom stereocenters. The fraction of sp³-hybridized carbons (Fsp3) is 0.556. The van der Waals surface area contributed by atoms with E-state index in [2.05, 4.69) is 4.74 Å². The third-order valence-corrected chi connectivity index (χ3v) is 1.55. The van der Waals surface area contributed by atoms with Crippen molar-refractivity contribution in [3.63, 3.8) is 0 Å². The molecule has 80 valence electrons. The highest BCUT2D eigenvalue weighted by molar-refractivity contribution is 5.91. The van der Waals surface area contributed by atoms with Gasteiger partial charge in [-0.15, -0.1) is 0 Å². The number of allylic oxidation sites excluding steroid dienone is 1. The number of imide groups is 1. The lowest BCUT2D eigenvalue weighted by molar-refractivity contribution is -0.128. The van der Waals surface area contributed by atoms with E-state index in [4.69, 9.17) is 5.84 Å². The van der Waals surface area contributed by atoms with Crippen LogP contribution in [0, 0.1) is 0 Å². The molecule has 0 saturated carbocycles. The molecule has 0 aliphatic carbocycles. The quantitative estimate of drug-likeness (QED) is 0.320. The molecular formula is C9H16N2O3. The Morgan fingerprint density at radius 2 is 2.07 bits per heavy atom. The molecule has 2 N–H and O–H groups in total.